The maximum absolute atomic E-state index is 11.8. The first-order valence-electron chi connectivity index (χ1n) is 8.98. The number of hydrazone groups is 1. The third-order valence-corrected chi connectivity index (χ3v) is 3.76. The van der Waals surface area contributed by atoms with Gasteiger partial charge in [-0.15, -0.1) is 0 Å². The molecule has 2 aromatic carbocycles. The van der Waals surface area contributed by atoms with E-state index in [0.717, 1.165) is 48.5 Å². The summed E-state index contributed by atoms with van der Waals surface area (Å²) in [5.74, 6) is 1.27. The number of nitrogens with zero attached hydrogens (tertiary/aromatic N) is 1. The quantitative estimate of drug-likeness (QED) is 0.399. The van der Waals surface area contributed by atoms with Crippen LogP contribution in [-0.4, -0.2) is 25.3 Å². The lowest BCUT2D eigenvalue weighted by atomic mass is 10.1. The standard InChI is InChI=1S/C21H26N2O3/c1-3-5-14-25-19-12-10-17(11-13-19)15-22-23-21(24)16-26-20-9-7-6-8-18(20)4-2/h6-13,15H,3-5,14,16H2,1-2H3,(H,23,24)/b22-15+. The fourth-order valence-corrected chi connectivity index (χ4v) is 2.28. The molecule has 0 unspecified atom stereocenters. The van der Waals surface area contributed by atoms with Gasteiger partial charge in [0.2, 0.25) is 0 Å². The molecule has 0 saturated heterocycles. The summed E-state index contributed by atoms with van der Waals surface area (Å²) < 4.78 is 11.2. The van der Waals surface area contributed by atoms with Crippen molar-refractivity contribution in [2.24, 2.45) is 5.10 Å². The Labute approximate surface area is 155 Å². The van der Waals surface area contributed by atoms with E-state index in [-0.39, 0.29) is 12.5 Å². The Balaban J connectivity index is 1.76. The normalized spacial score (nSPS) is 10.7. The highest BCUT2D eigenvalue weighted by Gasteiger charge is 2.04. The van der Waals surface area contributed by atoms with Gasteiger partial charge in [0.05, 0.1) is 12.8 Å². The molecule has 5 heteroatoms. The molecule has 26 heavy (non-hydrogen) atoms. The molecule has 0 heterocycles. The van der Waals surface area contributed by atoms with Crippen LogP contribution in [0.15, 0.2) is 53.6 Å². The predicted octanol–water partition coefficient (Wildman–Crippen LogP) is 3.96. The number of nitrogens with one attached hydrogen (secondary N) is 1. The minimum atomic E-state index is -0.299. The number of hydrogen-bond donors (Lipinski definition) is 1. The van der Waals surface area contributed by atoms with Crippen LogP contribution in [0.4, 0.5) is 0 Å². The van der Waals surface area contributed by atoms with Gasteiger partial charge >= 0.3 is 0 Å². The Bertz CT molecular complexity index is 711. The second-order valence-electron chi connectivity index (χ2n) is 5.81. The molecule has 0 saturated carbocycles. The van der Waals surface area contributed by atoms with E-state index in [0.29, 0.717) is 0 Å². The molecule has 0 aliphatic carbocycles. The molecule has 5 nitrogen and oxygen atoms in total. The smallest absolute Gasteiger partial charge is 0.277 e. The zero-order valence-corrected chi connectivity index (χ0v) is 15.4. The van der Waals surface area contributed by atoms with Crippen molar-refractivity contribution < 1.29 is 14.3 Å². The van der Waals surface area contributed by atoms with E-state index in [4.69, 9.17) is 9.47 Å². The van der Waals surface area contributed by atoms with E-state index in [1.807, 2.05) is 55.5 Å². The summed E-state index contributed by atoms with van der Waals surface area (Å²) in [7, 11) is 0. The first-order valence-corrected chi connectivity index (χ1v) is 8.98. The molecule has 0 aliphatic heterocycles. The van der Waals surface area contributed by atoms with E-state index in [9.17, 15) is 4.79 Å². The largest absolute Gasteiger partial charge is 0.494 e. The third kappa shape index (κ3) is 6.59. The van der Waals surface area contributed by atoms with E-state index >= 15 is 0 Å². The molecule has 0 bridgehead atoms. The minimum absolute atomic E-state index is 0.0709. The van der Waals surface area contributed by atoms with Crippen molar-refractivity contribution in [3.05, 3.63) is 59.7 Å². The van der Waals surface area contributed by atoms with E-state index in [1.54, 1.807) is 6.21 Å². The number of para-hydroxylation sites is 1. The lowest BCUT2D eigenvalue weighted by molar-refractivity contribution is -0.123. The van der Waals surface area contributed by atoms with Crippen LogP contribution < -0.4 is 14.9 Å². The topological polar surface area (TPSA) is 59.9 Å². The van der Waals surface area contributed by atoms with Crippen molar-refractivity contribution in [1.82, 2.24) is 5.43 Å². The molecule has 0 spiro atoms. The average Bonchev–Trinajstić information content (AvgIpc) is 2.68. The van der Waals surface area contributed by atoms with E-state index in [2.05, 4.69) is 17.5 Å². The number of carbonyl (C=O) groups excluding carboxylic acids is 1. The highest BCUT2D eigenvalue weighted by molar-refractivity contribution is 5.83. The molecule has 0 fully saturated rings. The maximum atomic E-state index is 11.8. The summed E-state index contributed by atoms with van der Waals surface area (Å²) in [4.78, 5) is 11.8. The Morgan fingerprint density at radius 2 is 1.85 bits per heavy atom. The van der Waals surface area contributed by atoms with Gasteiger partial charge in [0.1, 0.15) is 11.5 Å². The van der Waals surface area contributed by atoms with Crippen LogP contribution in [-0.2, 0) is 11.2 Å². The van der Waals surface area contributed by atoms with Crippen molar-refractivity contribution in [3.8, 4) is 11.5 Å². The first kappa shape index (κ1) is 19.5. The minimum Gasteiger partial charge on any atom is -0.494 e. The summed E-state index contributed by atoms with van der Waals surface area (Å²) in [6, 6.07) is 15.3. The van der Waals surface area contributed by atoms with Crippen LogP contribution in [0.3, 0.4) is 0 Å². The number of amides is 1. The van der Waals surface area contributed by atoms with E-state index in [1.165, 1.54) is 0 Å². The number of ether oxygens (including phenoxy) is 2. The number of rotatable bonds is 10. The molecule has 0 atom stereocenters. The molecule has 2 aromatic rings. The Morgan fingerprint density at radius 1 is 1.08 bits per heavy atom. The van der Waals surface area contributed by atoms with Crippen molar-refractivity contribution in [2.45, 2.75) is 33.1 Å². The monoisotopic (exact) mass is 354 g/mol. The number of unbranched alkanes of at least 4 members (excludes halogenated alkanes) is 1. The summed E-state index contributed by atoms with van der Waals surface area (Å²) >= 11 is 0. The van der Waals surface area contributed by atoms with Crippen molar-refractivity contribution in [2.75, 3.05) is 13.2 Å². The third-order valence-electron chi connectivity index (χ3n) is 3.76. The lowest BCUT2D eigenvalue weighted by Gasteiger charge is -2.09. The molecular formula is C21H26N2O3. The Hall–Kier alpha value is -2.82. The Morgan fingerprint density at radius 3 is 2.58 bits per heavy atom. The Kier molecular flexibility index (Phi) is 8.19. The van der Waals surface area contributed by atoms with Gasteiger partial charge in [-0.3, -0.25) is 4.79 Å². The molecule has 138 valence electrons. The molecule has 2 rings (SSSR count). The van der Waals surface area contributed by atoms with Crippen LogP contribution >= 0.6 is 0 Å². The molecule has 1 amide bonds. The van der Waals surface area contributed by atoms with Crippen LogP contribution in [0.5, 0.6) is 11.5 Å². The second kappa shape index (κ2) is 10.9. The summed E-state index contributed by atoms with van der Waals surface area (Å²) in [6.45, 7) is 4.83. The van der Waals surface area contributed by atoms with Crippen molar-refractivity contribution in [3.63, 3.8) is 0 Å². The van der Waals surface area contributed by atoms with Gasteiger partial charge in [-0.1, -0.05) is 38.5 Å². The van der Waals surface area contributed by atoms with Gasteiger partial charge < -0.3 is 9.47 Å². The zero-order chi connectivity index (χ0) is 18.6. The number of carbonyl (C=O) groups is 1. The van der Waals surface area contributed by atoms with Gasteiger partial charge in [0, 0.05) is 0 Å². The summed E-state index contributed by atoms with van der Waals surface area (Å²) in [5.41, 5.74) is 4.42. The second-order valence-corrected chi connectivity index (χ2v) is 5.81. The number of aryl methyl sites for hydroxylation is 1. The first-order chi connectivity index (χ1) is 12.7. The fraction of sp³-hybridized carbons (Fsp3) is 0.333. The van der Waals surface area contributed by atoms with Crippen molar-refractivity contribution in [1.29, 1.82) is 0 Å². The van der Waals surface area contributed by atoms with Gasteiger partial charge in [0.15, 0.2) is 6.61 Å². The van der Waals surface area contributed by atoms with E-state index < -0.39 is 0 Å². The molecule has 0 aromatic heterocycles. The molecular weight excluding hydrogens is 328 g/mol. The predicted molar refractivity (Wildman–Crippen MR) is 104 cm³/mol. The molecule has 0 aliphatic rings. The SMILES string of the molecule is CCCCOc1ccc(/C=N/NC(=O)COc2ccccc2CC)cc1. The molecule has 0 radical (unpaired) electrons. The van der Waals surface area contributed by atoms with Gasteiger partial charge in [-0.25, -0.2) is 5.43 Å². The van der Waals surface area contributed by atoms with Crippen LogP contribution in [0, 0.1) is 0 Å². The number of hydrogen-bond acceptors (Lipinski definition) is 4. The van der Waals surface area contributed by atoms with Gasteiger partial charge in [-0.05, 0) is 54.3 Å². The molecule has 1 N–H and O–H groups in total. The maximum Gasteiger partial charge on any atom is 0.277 e. The average molecular weight is 354 g/mol. The summed E-state index contributed by atoms with van der Waals surface area (Å²) in [6.07, 6.45) is 4.60. The highest BCUT2D eigenvalue weighted by Crippen LogP contribution is 2.17. The number of benzene rings is 2. The lowest BCUT2D eigenvalue weighted by Crippen LogP contribution is -2.24. The zero-order valence-electron chi connectivity index (χ0n) is 15.4. The highest BCUT2D eigenvalue weighted by atomic mass is 16.5. The fourth-order valence-electron chi connectivity index (χ4n) is 2.28. The summed E-state index contributed by atoms with van der Waals surface area (Å²) in [5, 5.41) is 3.96. The van der Waals surface area contributed by atoms with Gasteiger partial charge in [0.25, 0.3) is 5.91 Å². The van der Waals surface area contributed by atoms with Crippen LogP contribution in [0.1, 0.15) is 37.8 Å². The van der Waals surface area contributed by atoms with Crippen LogP contribution in [0.25, 0.3) is 0 Å². The van der Waals surface area contributed by atoms with Gasteiger partial charge in [-0.2, -0.15) is 5.10 Å². The van der Waals surface area contributed by atoms with Crippen LogP contribution in [0.2, 0.25) is 0 Å². The van der Waals surface area contributed by atoms with Crippen molar-refractivity contribution >= 4 is 12.1 Å².